The van der Waals surface area contributed by atoms with E-state index in [-0.39, 0.29) is 11.8 Å². The van der Waals surface area contributed by atoms with E-state index in [1.807, 2.05) is 54.6 Å². The summed E-state index contributed by atoms with van der Waals surface area (Å²) in [5.74, 6) is 6.08. The van der Waals surface area contributed by atoms with Gasteiger partial charge in [-0.3, -0.25) is 4.79 Å². The molecule has 0 aliphatic carbocycles. The summed E-state index contributed by atoms with van der Waals surface area (Å²) in [5.41, 5.74) is 9.43. The van der Waals surface area contributed by atoms with Crippen molar-refractivity contribution in [2.75, 3.05) is 17.6 Å². The van der Waals surface area contributed by atoms with Crippen molar-refractivity contribution >= 4 is 17.3 Å². The maximum Gasteiger partial charge on any atom is 0.250 e. The van der Waals surface area contributed by atoms with Crippen LogP contribution in [-0.4, -0.2) is 17.5 Å². The minimum absolute atomic E-state index is 0.0535. The van der Waals surface area contributed by atoms with Crippen molar-refractivity contribution in [3.05, 3.63) is 71.9 Å². The largest absolute Gasteiger partial charge is 0.399 e. The standard InChI is InChI=1S/C21H28N4O/c1-3-13-25(23)20(15-21(26)24-18-10-5-4-6-11-18)16(2)14-17-9-7-8-12-19(17)22/h4-12,15-16H,3,13-14,22-23H2,1-2H3,(H,24,26)/b20-15+. The third kappa shape index (κ3) is 5.63. The number of anilines is 2. The Morgan fingerprint density at radius 3 is 2.46 bits per heavy atom. The predicted molar refractivity (Wildman–Crippen MR) is 108 cm³/mol. The molecule has 1 atom stereocenters. The molecule has 1 amide bonds. The van der Waals surface area contributed by atoms with Crippen LogP contribution < -0.4 is 16.9 Å². The lowest BCUT2D eigenvalue weighted by atomic mass is 9.96. The summed E-state index contributed by atoms with van der Waals surface area (Å²) in [6.45, 7) is 4.80. The molecule has 1 unspecified atom stereocenters. The summed E-state index contributed by atoms with van der Waals surface area (Å²) in [6, 6.07) is 17.2. The summed E-state index contributed by atoms with van der Waals surface area (Å²) in [5, 5.41) is 4.54. The molecule has 5 heteroatoms. The molecule has 0 heterocycles. The van der Waals surface area contributed by atoms with Crippen molar-refractivity contribution in [3.8, 4) is 0 Å². The van der Waals surface area contributed by atoms with Crippen LogP contribution in [0.4, 0.5) is 11.4 Å². The highest BCUT2D eigenvalue weighted by Crippen LogP contribution is 2.22. The van der Waals surface area contributed by atoms with E-state index < -0.39 is 0 Å². The van der Waals surface area contributed by atoms with Gasteiger partial charge in [0.2, 0.25) is 5.91 Å². The summed E-state index contributed by atoms with van der Waals surface area (Å²) in [7, 11) is 0. The van der Waals surface area contributed by atoms with Gasteiger partial charge in [0, 0.05) is 35.6 Å². The van der Waals surface area contributed by atoms with Gasteiger partial charge in [-0.05, 0) is 36.6 Å². The van der Waals surface area contributed by atoms with Crippen molar-refractivity contribution in [3.63, 3.8) is 0 Å². The van der Waals surface area contributed by atoms with E-state index in [1.165, 1.54) is 0 Å². The van der Waals surface area contributed by atoms with Crippen molar-refractivity contribution in [1.82, 2.24) is 5.01 Å². The van der Waals surface area contributed by atoms with Crippen molar-refractivity contribution in [2.24, 2.45) is 11.8 Å². The topological polar surface area (TPSA) is 84.4 Å². The first-order valence-electron chi connectivity index (χ1n) is 8.94. The summed E-state index contributed by atoms with van der Waals surface area (Å²) < 4.78 is 0. The van der Waals surface area contributed by atoms with E-state index in [9.17, 15) is 4.79 Å². The Labute approximate surface area is 155 Å². The third-order valence-electron chi connectivity index (χ3n) is 4.20. The van der Waals surface area contributed by atoms with Gasteiger partial charge in [-0.25, -0.2) is 5.84 Å². The zero-order valence-electron chi connectivity index (χ0n) is 15.5. The Balaban J connectivity index is 2.18. The highest BCUT2D eigenvalue weighted by atomic mass is 16.1. The second-order valence-corrected chi connectivity index (χ2v) is 6.42. The average molecular weight is 352 g/mol. The normalized spacial score (nSPS) is 12.5. The molecule has 0 aliphatic rings. The molecule has 0 radical (unpaired) electrons. The van der Waals surface area contributed by atoms with Gasteiger partial charge in [0.25, 0.3) is 0 Å². The van der Waals surface area contributed by atoms with Crippen LogP contribution in [0, 0.1) is 5.92 Å². The number of nitrogen functional groups attached to an aromatic ring is 1. The molecule has 0 saturated carbocycles. The van der Waals surface area contributed by atoms with Crippen LogP contribution in [-0.2, 0) is 11.2 Å². The predicted octanol–water partition coefficient (Wildman–Crippen LogP) is 3.56. The first-order chi connectivity index (χ1) is 12.5. The maximum absolute atomic E-state index is 12.5. The smallest absolute Gasteiger partial charge is 0.250 e. The maximum atomic E-state index is 12.5. The second kappa shape index (κ2) is 9.63. The minimum atomic E-state index is -0.189. The Morgan fingerprint density at radius 2 is 1.81 bits per heavy atom. The van der Waals surface area contributed by atoms with Crippen LogP contribution in [0.5, 0.6) is 0 Å². The Bertz CT molecular complexity index is 743. The molecule has 138 valence electrons. The fourth-order valence-corrected chi connectivity index (χ4v) is 2.87. The number of benzene rings is 2. The van der Waals surface area contributed by atoms with E-state index in [0.29, 0.717) is 13.0 Å². The van der Waals surface area contributed by atoms with Gasteiger partial charge in [0.1, 0.15) is 0 Å². The number of carbonyl (C=O) groups is 1. The van der Waals surface area contributed by atoms with Crippen LogP contribution in [0.25, 0.3) is 0 Å². The number of nitrogens with one attached hydrogen (secondary N) is 1. The lowest BCUT2D eigenvalue weighted by Crippen LogP contribution is -2.35. The fourth-order valence-electron chi connectivity index (χ4n) is 2.87. The van der Waals surface area contributed by atoms with Crippen LogP contribution in [0.1, 0.15) is 25.8 Å². The molecule has 26 heavy (non-hydrogen) atoms. The number of rotatable bonds is 8. The number of para-hydroxylation sites is 2. The Hall–Kier alpha value is -2.79. The van der Waals surface area contributed by atoms with Crippen LogP contribution in [0.3, 0.4) is 0 Å². The number of carbonyl (C=O) groups excluding carboxylic acids is 1. The van der Waals surface area contributed by atoms with Gasteiger partial charge in [-0.2, -0.15) is 0 Å². The van der Waals surface area contributed by atoms with E-state index in [0.717, 1.165) is 29.1 Å². The minimum Gasteiger partial charge on any atom is -0.399 e. The summed E-state index contributed by atoms with van der Waals surface area (Å²) in [6.07, 6.45) is 3.20. The van der Waals surface area contributed by atoms with E-state index in [2.05, 4.69) is 19.2 Å². The molecular weight excluding hydrogens is 324 g/mol. The highest BCUT2D eigenvalue weighted by Gasteiger charge is 2.17. The van der Waals surface area contributed by atoms with Gasteiger partial charge in [-0.15, -0.1) is 0 Å². The number of hydrogen-bond donors (Lipinski definition) is 3. The van der Waals surface area contributed by atoms with Gasteiger partial charge >= 0.3 is 0 Å². The lowest BCUT2D eigenvalue weighted by molar-refractivity contribution is -0.112. The van der Waals surface area contributed by atoms with Gasteiger partial charge in [0.05, 0.1) is 0 Å². The molecule has 0 aliphatic heterocycles. The lowest BCUT2D eigenvalue weighted by Gasteiger charge is -2.27. The Morgan fingerprint density at radius 1 is 1.15 bits per heavy atom. The third-order valence-corrected chi connectivity index (χ3v) is 4.20. The fraction of sp³-hybridized carbons (Fsp3) is 0.286. The highest BCUT2D eigenvalue weighted by molar-refractivity contribution is 5.99. The van der Waals surface area contributed by atoms with Crippen LogP contribution in [0.15, 0.2) is 66.4 Å². The van der Waals surface area contributed by atoms with E-state index in [4.69, 9.17) is 11.6 Å². The molecule has 0 saturated heterocycles. The molecule has 0 bridgehead atoms. The molecule has 2 rings (SSSR count). The van der Waals surface area contributed by atoms with Gasteiger partial charge < -0.3 is 16.1 Å². The quantitative estimate of drug-likeness (QED) is 0.293. The molecule has 2 aromatic rings. The number of hydrazine groups is 1. The molecule has 5 nitrogen and oxygen atoms in total. The first kappa shape index (κ1) is 19.5. The monoisotopic (exact) mass is 352 g/mol. The van der Waals surface area contributed by atoms with Crippen molar-refractivity contribution < 1.29 is 4.79 Å². The zero-order valence-corrected chi connectivity index (χ0v) is 15.5. The molecule has 0 aromatic heterocycles. The average Bonchev–Trinajstić information content (AvgIpc) is 2.62. The number of amides is 1. The summed E-state index contributed by atoms with van der Waals surface area (Å²) >= 11 is 0. The van der Waals surface area contributed by atoms with Gasteiger partial charge in [-0.1, -0.05) is 50.2 Å². The van der Waals surface area contributed by atoms with Crippen LogP contribution in [0.2, 0.25) is 0 Å². The first-order valence-corrected chi connectivity index (χ1v) is 8.94. The summed E-state index contributed by atoms with van der Waals surface area (Å²) in [4.78, 5) is 12.5. The number of hydrogen-bond acceptors (Lipinski definition) is 4. The molecule has 0 spiro atoms. The Kier molecular flexibility index (Phi) is 7.24. The van der Waals surface area contributed by atoms with Crippen molar-refractivity contribution in [1.29, 1.82) is 0 Å². The molecule has 2 aromatic carbocycles. The molecule has 5 N–H and O–H groups in total. The second-order valence-electron chi connectivity index (χ2n) is 6.42. The van der Waals surface area contributed by atoms with Gasteiger partial charge in [0.15, 0.2) is 0 Å². The van der Waals surface area contributed by atoms with E-state index in [1.54, 1.807) is 11.1 Å². The molecular formula is C21H28N4O. The zero-order chi connectivity index (χ0) is 18.9. The van der Waals surface area contributed by atoms with Crippen LogP contribution >= 0.6 is 0 Å². The SMILES string of the molecule is CCCN(N)/C(=C/C(=O)Nc1ccccc1)C(C)Cc1ccccc1N. The molecule has 0 fully saturated rings. The van der Waals surface area contributed by atoms with Crippen molar-refractivity contribution in [2.45, 2.75) is 26.7 Å². The number of allylic oxidation sites excluding steroid dienone is 1. The van der Waals surface area contributed by atoms with E-state index >= 15 is 0 Å². The number of nitrogens with zero attached hydrogens (tertiary/aromatic N) is 1. The number of nitrogens with two attached hydrogens (primary N) is 2.